The maximum Gasteiger partial charge on any atom is 0.254 e. The van der Waals surface area contributed by atoms with Crippen LogP contribution in [0.4, 0.5) is 5.69 Å². The Morgan fingerprint density at radius 2 is 1.93 bits per heavy atom. The average molecular weight is 831 g/mol. The Bertz CT molecular complexity index is 2470. The Kier molecular flexibility index (Phi) is 11.1. The van der Waals surface area contributed by atoms with Gasteiger partial charge in [-0.1, -0.05) is 30.9 Å². The summed E-state index contributed by atoms with van der Waals surface area (Å²) in [4.78, 5) is 34.3. The Morgan fingerprint density at radius 3 is 2.72 bits per heavy atom. The van der Waals surface area contributed by atoms with Gasteiger partial charge in [-0.3, -0.25) is 9.59 Å². The molecule has 1 saturated carbocycles. The molecule has 5 N–H and O–H groups in total. The van der Waals surface area contributed by atoms with Gasteiger partial charge in [0.25, 0.3) is 5.91 Å². The number of phenols is 1. The number of carbonyl (C=O) groups excluding carboxylic acids is 2. The fraction of sp³-hybridized carbons (Fsp3) is 0.404. The molecule has 0 radical (unpaired) electrons. The number of rotatable bonds is 9. The first kappa shape index (κ1) is 40.7. The molecule has 1 amide bonds. The Balaban J connectivity index is 1.12. The summed E-state index contributed by atoms with van der Waals surface area (Å²) in [6.45, 7) is -0.526. The van der Waals surface area contributed by atoms with Crippen LogP contribution in [0.2, 0.25) is 0 Å². The number of fused-ring (bicyclic) bond motifs is 5. The van der Waals surface area contributed by atoms with E-state index in [0.717, 1.165) is 59.5 Å². The molecule has 1 aliphatic carbocycles. The number of hydrogen-bond donors (Lipinski definition) is 5. The highest BCUT2D eigenvalue weighted by atomic mass is 16.7. The van der Waals surface area contributed by atoms with E-state index >= 15 is 0 Å². The molecule has 316 valence electrons. The molecular formula is C47H48N3O11+. The van der Waals surface area contributed by atoms with Crippen molar-refractivity contribution in [1.82, 2.24) is 10.2 Å². The molecule has 9 rings (SSSR count). The van der Waals surface area contributed by atoms with Crippen LogP contribution < -0.4 is 14.8 Å². The number of hydrogen-bond acceptors (Lipinski definition) is 13. The lowest BCUT2D eigenvalue weighted by atomic mass is 9.86. The minimum Gasteiger partial charge on any atom is -0.506 e. The van der Waals surface area contributed by atoms with Crippen LogP contribution in [0.3, 0.4) is 0 Å². The summed E-state index contributed by atoms with van der Waals surface area (Å²) in [6, 6.07) is 16.3. The normalized spacial score (nSPS) is 24.6. The van der Waals surface area contributed by atoms with Crippen molar-refractivity contribution in [2.45, 2.75) is 81.3 Å². The van der Waals surface area contributed by atoms with E-state index in [9.17, 15) is 30.0 Å². The van der Waals surface area contributed by atoms with Gasteiger partial charge in [-0.15, -0.1) is 0 Å². The highest BCUT2D eigenvalue weighted by molar-refractivity contribution is 6.11. The van der Waals surface area contributed by atoms with Crippen LogP contribution in [0.15, 0.2) is 59.6 Å². The van der Waals surface area contributed by atoms with E-state index in [4.69, 9.17) is 23.7 Å². The zero-order valence-corrected chi connectivity index (χ0v) is 34.0. The van der Waals surface area contributed by atoms with Crippen molar-refractivity contribution in [3.05, 3.63) is 99.5 Å². The lowest BCUT2D eigenvalue weighted by Gasteiger charge is -2.47. The predicted octanol–water partition coefficient (Wildman–Crippen LogP) is 4.22. The van der Waals surface area contributed by atoms with E-state index in [1.807, 2.05) is 37.4 Å². The minimum atomic E-state index is -2.43. The second kappa shape index (κ2) is 16.7. The zero-order chi connectivity index (χ0) is 42.4. The maximum absolute atomic E-state index is 14.6. The van der Waals surface area contributed by atoms with Crippen LogP contribution in [0.5, 0.6) is 17.2 Å². The number of benzene rings is 4. The second-order valence-electron chi connectivity index (χ2n) is 16.4. The van der Waals surface area contributed by atoms with Crippen LogP contribution in [0.25, 0.3) is 10.8 Å². The van der Waals surface area contributed by atoms with Gasteiger partial charge >= 0.3 is 0 Å². The van der Waals surface area contributed by atoms with Crippen molar-refractivity contribution in [3.8, 4) is 29.3 Å². The highest BCUT2D eigenvalue weighted by Gasteiger charge is 2.59. The molecule has 4 aromatic rings. The number of phenolic OH excluding ortho intramolecular Hbond substituents is 1. The second-order valence-corrected chi connectivity index (χ2v) is 16.4. The molecule has 4 aromatic carbocycles. The molecule has 14 nitrogen and oxygen atoms in total. The fourth-order valence-corrected chi connectivity index (χ4v) is 9.36. The van der Waals surface area contributed by atoms with Crippen LogP contribution in [-0.2, 0) is 33.7 Å². The number of aromatic hydroxyl groups is 1. The third-order valence-electron chi connectivity index (χ3n) is 12.6. The molecule has 5 aliphatic rings. The lowest BCUT2D eigenvalue weighted by molar-refractivity contribution is -0.327. The summed E-state index contributed by atoms with van der Waals surface area (Å²) in [5, 5.41) is 51.1. The van der Waals surface area contributed by atoms with E-state index in [1.165, 1.54) is 18.1 Å². The molecule has 1 saturated heterocycles. The van der Waals surface area contributed by atoms with Crippen molar-refractivity contribution >= 4 is 34.4 Å². The number of nitrogens with one attached hydrogen (secondary N) is 1. The van der Waals surface area contributed by atoms with Crippen molar-refractivity contribution in [2.75, 3.05) is 40.5 Å². The maximum atomic E-state index is 14.6. The fourth-order valence-electron chi connectivity index (χ4n) is 9.36. The van der Waals surface area contributed by atoms with Gasteiger partial charge < -0.3 is 54.3 Å². The number of ether oxygens (including phenoxy) is 5. The number of aliphatic hydroxyl groups is 3. The van der Waals surface area contributed by atoms with Crippen molar-refractivity contribution in [3.63, 3.8) is 0 Å². The Morgan fingerprint density at radius 1 is 1.10 bits per heavy atom. The third kappa shape index (κ3) is 7.35. The van der Waals surface area contributed by atoms with Crippen molar-refractivity contribution in [2.24, 2.45) is 4.99 Å². The molecule has 4 aliphatic heterocycles. The first-order chi connectivity index (χ1) is 29.6. The minimum absolute atomic E-state index is 0.0156. The Labute approximate surface area is 353 Å². The van der Waals surface area contributed by atoms with Crippen molar-refractivity contribution in [1.29, 1.82) is 0 Å². The number of amides is 1. The zero-order valence-electron chi connectivity index (χ0n) is 34.0. The number of nitrogens with zero attached hydrogens (tertiary/aromatic N) is 2. The first-order valence-electron chi connectivity index (χ1n) is 20.6. The summed E-state index contributed by atoms with van der Waals surface area (Å²) in [5.41, 5.74) is 3.04. The van der Waals surface area contributed by atoms with Gasteiger partial charge in [-0.2, -0.15) is 4.99 Å². The van der Waals surface area contributed by atoms with Crippen LogP contribution in [0.1, 0.15) is 80.1 Å². The van der Waals surface area contributed by atoms with E-state index in [1.54, 1.807) is 24.4 Å². The average Bonchev–Trinajstić information content (AvgIpc) is 4.02. The number of Topliss-reactive ketones (excluding diaryl/α,β-unsaturated/α-hetero) is 1. The molecule has 0 spiro atoms. The molecule has 5 atom stereocenters. The number of aliphatic hydroxyl groups excluding tert-OH is 2. The smallest absolute Gasteiger partial charge is 0.254 e. The molecular weight excluding hydrogens is 783 g/mol. The monoisotopic (exact) mass is 830 g/mol. The number of ketones is 1. The SMILES string of the molecule is CNCc1ccc2c(c1)[C+](COC[C@H]1O[C@@H]3Oc4cc(OC)cc5cc(C6CCCC6)c(c(O)c45)C(=O)CN4Cc5c(cccc5C4=O)CC#CO[C@@H]([C@@H]1O)[C@]3(O)CO)C=N2. The van der Waals surface area contributed by atoms with Crippen LogP contribution in [0, 0.1) is 17.9 Å². The highest BCUT2D eigenvalue weighted by Crippen LogP contribution is 2.47. The largest absolute Gasteiger partial charge is 0.506 e. The summed E-state index contributed by atoms with van der Waals surface area (Å²) in [5.74, 6) is 2.95. The number of aliphatic imine (C=N–C) groups is 1. The third-order valence-corrected chi connectivity index (χ3v) is 12.6. The topological polar surface area (TPSA) is 189 Å². The van der Waals surface area contributed by atoms with Gasteiger partial charge in [-0.25, -0.2) is 0 Å². The molecule has 4 heterocycles. The van der Waals surface area contributed by atoms with Gasteiger partial charge in [0.05, 0.1) is 43.9 Å². The van der Waals surface area contributed by atoms with E-state index in [0.29, 0.717) is 28.8 Å². The van der Waals surface area contributed by atoms with Crippen LogP contribution >= 0.6 is 0 Å². The van der Waals surface area contributed by atoms with Crippen molar-refractivity contribution < 1.29 is 53.7 Å². The molecule has 2 fully saturated rings. The number of carbonyl (C=O) groups is 2. The molecule has 14 heteroatoms. The molecule has 0 unspecified atom stereocenters. The van der Waals surface area contributed by atoms with E-state index in [-0.39, 0.29) is 67.0 Å². The van der Waals surface area contributed by atoms with Gasteiger partial charge in [0.2, 0.25) is 6.29 Å². The standard InChI is InChI=1S/C47H47N3O11/c1-48-19-26-12-13-36-33(15-26)30(20-49-36)23-58-24-39-42(53)44-47(56,25-51)46(61-39)60-38-18-31(57-2)16-29-17-34(27-7-3-4-8-27)41(43(54)40(29)38)37(52)22-50-21-35-28(10-6-14-59-44)9-5-11-32(35)45(50)55/h5,9,11-13,15-18,20,27,39,42,44,46,48,51,53,56H,3-4,7-8,10,19,21-25H2,1-2H3/p+1/t39-,42-,44+,46+,47-/m1/s1. The molecule has 61 heavy (non-hydrogen) atoms. The van der Waals surface area contributed by atoms with Gasteiger partial charge in [0, 0.05) is 42.8 Å². The van der Waals surface area contributed by atoms with Crippen LogP contribution in [-0.4, -0.2) is 114 Å². The van der Waals surface area contributed by atoms with E-state index < -0.39 is 42.6 Å². The molecule has 0 aromatic heterocycles. The summed E-state index contributed by atoms with van der Waals surface area (Å²) in [6.07, 6.45) is 1.93. The Hall–Kier alpha value is -5.66. The molecule has 6 bridgehead atoms. The summed E-state index contributed by atoms with van der Waals surface area (Å²) in [7, 11) is 3.35. The predicted molar refractivity (Wildman–Crippen MR) is 223 cm³/mol. The number of methoxy groups -OCH3 is 1. The summed E-state index contributed by atoms with van der Waals surface area (Å²) >= 11 is 0. The van der Waals surface area contributed by atoms with Gasteiger partial charge in [0.15, 0.2) is 28.7 Å². The first-order valence-corrected chi connectivity index (χ1v) is 20.6. The van der Waals surface area contributed by atoms with E-state index in [2.05, 4.69) is 22.3 Å². The van der Waals surface area contributed by atoms with Gasteiger partial charge in [0.1, 0.15) is 54.3 Å². The van der Waals surface area contributed by atoms with Gasteiger partial charge in [-0.05, 0) is 72.1 Å². The lowest BCUT2D eigenvalue weighted by Crippen LogP contribution is -2.70. The summed E-state index contributed by atoms with van der Waals surface area (Å²) < 4.78 is 30.6. The quantitative estimate of drug-likeness (QED) is 0.120.